The third-order valence-electron chi connectivity index (χ3n) is 3.29. The molecule has 6 heteroatoms. The number of carboxylic acid groups (broad SMARTS) is 1. The second kappa shape index (κ2) is 7.99. The zero-order valence-corrected chi connectivity index (χ0v) is 11.7. The highest BCUT2D eigenvalue weighted by Gasteiger charge is 2.25. The maximum Gasteiger partial charge on any atom is 0.326 e. The average Bonchev–Trinajstić information content (AvgIpc) is 2.87. The van der Waals surface area contributed by atoms with E-state index in [0.717, 1.165) is 25.9 Å². The number of nitrogens with zero attached hydrogens (tertiary/aromatic N) is 1. The molecular weight excluding hydrogens is 248 g/mol. The highest BCUT2D eigenvalue weighted by atomic mass is 16.5. The maximum absolute atomic E-state index is 12.0. The number of rotatable bonds is 7. The molecule has 0 saturated carbocycles. The van der Waals surface area contributed by atoms with Gasteiger partial charge in [-0.25, -0.2) is 9.59 Å². The van der Waals surface area contributed by atoms with Gasteiger partial charge in [-0.1, -0.05) is 13.3 Å². The van der Waals surface area contributed by atoms with E-state index in [9.17, 15) is 9.59 Å². The number of amides is 2. The van der Waals surface area contributed by atoms with Crippen LogP contribution in [0.4, 0.5) is 4.79 Å². The topological polar surface area (TPSA) is 78.9 Å². The van der Waals surface area contributed by atoms with E-state index in [2.05, 4.69) is 5.32 Å². The third-order valence-corrected chi connectivity index (χ3v) is 3.29. The summed E-state index contributed by atoms with van der Waals surface area (Å²) in [5.41, 5.74) is 0. The predicted molar refractivity (Wildman–Crippen MR) is 71.1 cm³/mol. The molecule has 6 nitrogen and oxygen atoms in total. The first kappa shape index (κ1) is 15.8. The number of carboxylic acids is 1. The van der Waals surface area contributed by atoms with Crippen molar-refractivity contribution in [2.75, 3.05) is 19.7 Å². The van der Waals surface area contributed by atoms with Crippen molar-refractivity contribution in [3.05, 3.63) is 0 Å². The largest absolute Gasteiger partial charge is 0.480 e. The molecule has 1 rings (SSSR count). The molecule has 0 aromatic rings. The van der Waals surface area contributed by atoms with Gasteiger partial charge in [0.1, 0.15) is 6.04 Å². The van der Waals surface area contributed by atoms with Crippen molar-refractivity contribution in [2.24, 2.45) is 0 Å². The van der Waals surface area contributed by atoms with Crippen molar-refractivity contribution >= 4 is 12.0 Å². The molecule has 1 aliphatic heterocycles. The van der Waals surface area contributed by atoms with Gasteiger partial charge in [-0.3, -0.25) is 0 Å². The summed E-state index contributed by atoms with van der Waals surface area (Å²) in [4.78, 5) is 24.7. The van der Waals surface area contributed by atoms with Gasteiger partial charge in [0.15, 0.2) is 0 Å². The van der Waals surface area contributed by atoms with E-state index in [1.54, 1.807) is 4.90 Å². The normalized spacial score (nSPS) is 20.0. The Morgan fingerprint density at radius 2 is 2.21 bits per heavy atom. The molecule has 1 saturated heterocycles. The summed E-state index contributed by atoms with van der Waals surface area (Å²) in [5, 5.41) is 11.6. The minimum absolute atomic E-state index is 0.0835. The lowest BCUT2D eigenvalue weighted by Gasteiger charge is -2.26. The van der Waals surface area contributed by atoms with Crippen LogP contribution in [0.15, 0.2) is 0 Å². The summed E-state index contributed by atoms with van der Waals surface area (Å²) < 4.78 is 5.50. The van der Waals surface area contributed by atoms with Crippen LogP contribution in [0.5, 0.6) is 0 Å². The average molecular weight is 272 g/mol. The van der Waals surface area contributed by atoms with Crippen LogP contribution in [0.25, 0.3) is 0 Å². The number of urea groups is 1. The molecule has 2 N–H and O–H groups in total. The van der Waals surface area contributed by atoms with E-state index in [-0.39, 0.29) is 12.1 Å². The van der Waals surface area contributed by atoms with Gasteiger partial charge in [-0.15, -0.1) is 0 Å². The van der Waals surface area contributed by atoms with E-state index in [4.69, 9.17) is 9.84 Å². The third kappa shape index (κ3) is 5.06. The molecule has 0 aliphatic carbocycles. The number of ether oxygens (including phenoxy) is 1. The minimum Gasteiger partial charge on any atom is -0.480 e. The number of aliphatic carboxylic acids is 1. The molecule has 19 heavy (non-hydrogen) atoms. The van der Waals surface area contributed by atoms with Crippen LogP contribution in [-0.2, 0) is 9.53 Å². The molecule has 1 fully saturated rings. The molecule has 1 heterocycles. The van der Waals surface area contributed by atoms with Crippen LogP contribution < -0.4 is 5.32 Å². The van der Waals surface area contributed by atoms with Crippen molar-refractivity contribution < 1.29 is 19.4 Å². The van der Waals surface area contributed by atoms with E-state index in [1.807, 2.05) is 13.8 Å². The summed E-state index contributed by atoms with van der Waals surface area (Å²) in [5.74, 6) is -0.983. The summed E-state index contributed by atoms with van der Waals surface area (Å²) in [6.45, 7) is 5.60. The number of hydrogen-bond acceptors (Lipinski definition) is 3. The van der Waals surface area contributed by atoms with Crippen LogP contribution in [0.2, 0.25) is 0 Å². The molecule has 0 aromatic carbocycles. The molecule has 1 aliphatic rings. The Hall–Kier alpha value is -1.30. The molecule has 110 valence electrons. The van der Waals surface area contributed by atoms with Crippen molar-refractivity contribution in [2.45, 2.75) is 51.7 Å². The van der Waals surface area contributed by atoms with E-state index in [1.165, 1.54) is 0 Å². The molecule has 2 atom stereocenters. The lowest BCUT2D eigenvalue weighted by Crippen LogP contribution is -2.49. The number of hydrogen-bond donors (Lipinski definition) is 2. The van der Waals surface area contributed by atoms with E-state index < -0.39 is 12.0 Å². The predicted octanol–water partition coefficient (Wildman–Crippen LogP) is 1.45. The SMILES string of the molecule is CCC[C@H](NC(=O)N(CC)CC1CCCO1)C(=O)O. The Morgan fingerprint density at radius 1 is 1.47 bits per heavy atom. The molecule has 2 amide bonds. The fourth-order valence-electron chi connectivity index (χ4n) is 2.18. The van der Waals surface area contributed by atoms with Gasteiger partial charge in [0.2, 0.25) is 0 Å². The Morgan fingerprint density at radius 3 is 2.68 bits per heavy atom. The van der Waals surface area contributed by atoms with Crippen LogP contribution in [0, 0.1) is 0 Å². The van der Waals surface area contributed by atoms with Crippen LogP contribution in [0.1, 0.15) is 39.5 Å². The lowest BCUT2D eigenvalue weighted by molar-refractivity contribution is -0.139. The summed E-state index contributed by atoms with van der Waals surface area (Å²) in [7, 11) is 0. The van der Waals surface area contributed by atoms with Gasteiger partial charge >= 0.3 is 12.0 Å². The number of carbonyl (C=O) groups excluding carboxylic acids is 1. The molecule has 0 bridgehead atoms. The fraction of sp³-hybridized carbons (Fsp3) is 0.846. The summed E-state index contributed by atoms with van der Waals surface area (Å²) >= 11 is 0. The van der Waals surface area contributed by atoms with Crippen molar-refractivity contribution in [3.8, 4) is 0 Å². The zero-order chi connectivity index (χ0) is 14.3. The second-order valence-corrected chi connectivity index (χ2v) is 4.80. The van der Waals surface area contributed by atoms with Crippen LogP contribution in [0.3, 0.4) is 0 Å². The zero-order valence-electron chi connectivity index (χ0n) is 11.7. The number of likely N-dealkylation sites (N-methyl/N-ethyl adjacent to an activating group) is 1. The van der Waals surface area contributed by atoms with Crippen molar-refractivity contribution in [1.82, 2.24) is 10.2 Å². The Kier molecular flexibility index (Phi) is 6.62. The van der Waals surface area contributed by atoms with Gasteiger partial charge in [-0.05, 0) is 26.2 Å². The standard InChI is InChI=1S/C13H24N2O4/c1-3-6-11(12(16)17)14-13(18)15(4-2)9-10-7-5-8-19-10/h10-11H,3-9H2,1-2H3,(H,14,18)(H,16,17)/t10?,11-/m0/s1. The Balaban J connectivity index is 2.49. The van der Waals surface area contributed by atoms with Crippen molar-refractivity contribution in [3.63, 3.8) is 0 Å². The molecule has 0 spiro atoms. The molecule has 0 aromatic heterocycles. The summed E-state index contributed by atoms with van der Waals surface area (Å²) in [6, 6.07) is -1.13. The highest BCUT2D eigenvalue weighted by Crippen LogP contribution is 2.13. The van der Waals surface area contributed by atoms with E-state index in [0.29, 0.717) is 19.5 Å². The monoisotopic (exact) mass is 272 g/mol. The molecule has 0 radical (unpaired) electrons. The van der Waals surface area contributed by atoms with Crippen LogP contribution in [-0.4, -0.2) is 53.8 Å². The first-order chi connectivity index (χ1) is 9.08. The van der Waals surface area contributed by atoms with E-state index >= 15 is 0 Å². The minimum atomic E-state index is -0.983. The van der Waals surface area contributed by atoms with Gasteiger partial charge in [0, 0.05) is 19.7 Å². The maximum atomic E-state index is 12.0. The quantitative estimate of drug-likeness (QED) is 0.735. The molecule has 1 unspecified atom stereocenters. The number of carbonyl (C=O) groups is 2. The van der Waals surface area contributed by atoms with Gasteiger partial charge in [0.05, 0.1) is 6.10 Å². The van der Waals surface area contributed by atoms with Crippen LogP contribution >= 0.6 is 0 Å². The second-order valence-electron chi connectivity index (χ2n) is 4.80. The lowest BCUT2D eigenvalue weighted by atomic mass is 10.2. The Bertz CT molecular complexity index is 303. The highest BCUT2D eigenvalue weighted by molar-refractivity contribution is 5.82. The van der Waals surface area contributed by atoms with Gasteiger partial charge < -0.3 is 20.1 Å². The first-order valence-electron chi connectivity index (χ1n) is 6.98. The van der Waals surface area contributed by atoms with Gasteiger partial charge in [-0.2, -0.15) is 0 Å². The summed E-state index contributed by atoms with van der Waals surface area (Å²) in [6.07, 6.45) is 3.23. The molecular formula is C13H24N2O4. The fourth-order valence-corrected chi connectivity index (χ4v) is 2.18. The number of nitrogens with one attached hydrogen (secondary N) is 1. The Labute approximate surface area is 114 Å². The van der Waals surface area contributed by atoms with Crippen molar-refractivity contribution in [1.29, 1.82) is 0 Å². The smallest absolute Gasteiger partial charge is 0.326 e. The van der Waals surface area contributed by atoms with Gasteiger partial charge in [0.25, 0.3) is 0 Å². The first-order valence-corrected chi connectivity index (χ1v) is 6.98.